The van der Waals surface area contributed by atoms with E-state index in [2.05, 4.69) is 0 Å². The van der Waals surface area contributed by atoms with Gasteiger partial charge in [-0.2, -0.15) is 0 Å². The molecule has 0 spiro atoms. The van der Waals surface area contributed by atoms with Crippen molar-refractivity contribution in [1.29, 1.82) is 0 Å². The van der Waals surface area contributed by atoms with Gasteiger partial charge in [-0.3, -0.25) is 0 Å². The van der Waals surface area contributed by atoms with Crippen molar-refractivity contribution in [3.8, 4) is 10.4 Å². The minimum atomic E-state index is -0.956. The number of carboxylic acid groups (broad SMARTS) is 1. The lowest BCUT2D eigenvalue weighted by Gasteiger charge is -1.95. The van der Waals surface area contributed by atoms with Crippen LogP contribution < -0.4 is 0 Å². The second-order valence-electron chi connectivity index (χ2n) is 2.98. The number of hydrogen-bond acceptors (Lipinski definition) is 2. The van der Waals surface area contributed by atoms with Crippen LogP contribution in [-0.2, 0) is 0 Å². The quantitative estimate of drug-likeness (QED) is 0.846. The first-order valence-corrected chi connectivity index (χ1v) is 5.07. The molecular weight excluding hydrogens is 215 g/mol. The number of rotatable bonds is 2. The molecule has 0 amide bonds. The van der Waals surface area contributed by atoms with Gasteiger partial charge in [0.1, 0.15) is 10.7 Å². The zero-order chi connectivity index (χ0) is 10.8. The summed E-state index contributed by atoms with van der Waals surface area (Å²) < 4.78 is 12.9. The highest BCUT2D eigenvalue weighted by molar-refractivity contribution is 7.17. The second-order valence-corrected chi connectivity index (χ2v) is 4.06. The second kappa shape index (κ2) is 3.82. The van der Waals surface area contributed by atoms with Gasteiger partial charge < -0.3 is 5.11 Å². The number of benzene rings is 1. The Morgan fingerprint density at radius 3 is 2.67 bits per heavy atom. The third-order valence-electron chi connectivity index (χ3n) is 1.93. The van der Waals surface area contributed by atoms with Crippen LogP contribution in [0.3, 0.4) is 0 Å². The summed E-state index contributed by atoms with van der Waals surface area (Å²) in [7, 11) is 0. The smallest absolute Gasteiger partial charge is 0.345 e. The van der Waals surface area contributed by atoms with Crippen LogP contribution in [0.25, 0.3) is 10.4 Å². The van der Waals surface area contributed by atoms with Crippen LogP contribution in [0.15, 0.2) is 36.4 Å². The van der Waals surface area contributed by atoms with Crippen molar-refractivity contribution < 1.29 is 14.3 Å². The molecule has 0 saturated carbocycles. The Hall–Kier alpha value is -1.68. The Balaban J connectivity index is 2.41. The van der Waals surface area contributed by atoms with E-state index in [0.717, 1.165) is 16.2 Å². The van der Waals surface area contributed by atoms with Gasteiger partial charge in [0.2, 0.25) is 0 Å². The number of thiophene rings is 1. The summed E-state index contributed by atoms with van der Waals surface area (Å²) in [4.78, 5) is 11.7. The lowest BCUT2D eigenvalue weighted by atomic mass is 10.2. The van der Waals surface area contributed by atoms with Crippen LogP contribution in [0.1, 0.15) is 9.67 Å². The molecule has 2 aromatic rings. The minimum Gasteiger partial charge on any atom is -0.477 e. The lowest BCUT2D eigenvalue weighted by Crippen LogP contribution is -1.89. The first kappa shape index (κ1) is 9.86. The van der Waals surface area contributed by atoms with Gasteiger partial charge in [-0.15, -0.1) is 11.3 Å². The highest BCUT2D eigenvalue weighted by Crippen LogP contribution is 2.28. The van der Waals surface area contributed by atoms with Gasteiger partial charge in [0.25, 0.3) is 0 Å². The SMILES string of the molecule is O=C(O)c1ccc(-c2cccc(F)c2)s1. The first-order chi connectivity index (χ1) is 7.16. The van der Waals surface area contributed by atoms with E-state index in [1.54, 1.807) is 18.2 Å². The summed E-state index contributed by atoms with van der Waals surface area (Å²) in [5, 5.41) is 8.74. The summed E-state index contributed by atoms with van der Waals surface area (Å²) >= 11 is 1.14. The molecule has 0 unspecified atom stereocenters. The van der Waals surface area contributed by atoms with E-state index in [0.29, 0.717) is 5.56 Å². The minimum absolute atomic E-state index is 0.259. The van der Waals surface area contributed by atoms with E-state index in [1.165, 1.54) is 18.2 Å². The third-order valence-corrected chi connectivity index (χ3v) is 3.05. The number of carbonyl (C=O) groups is 1. The fraction of sp³-hybridized carbons (Fsp3) is 0. The van der Waals surface area contributed by atoms with Gasteiger partial charge in [0, 0.05) is 4.88 Å². The highest BCUT2D eigenvalue weighted by atomic mass is 32.1. The Morgan fingerprint density at radius 1 is 1.27 bits per heavy atom. The topological polar surface area (TPSA) is 37.3 Å². The number of halogens is 1. The monoisotopic (exact) mass is 222 g/mol. The molecule has 2 rings (SSSR count). The van der Waals surface area contributed by atoms with Gasteiger partial charge in [-0.25, -0.2) is 9.18 Å². The molecule has 2 nitrogen and oxygen atoms in total. The molecule has 0 aliphatic heterocycles. The maximum Gasteiger partial charge on any atom is 0.345 e. The molecule has 4 heteroatoms. The highest BCUT2D eigenvalue weighted by Gasteiger charge is 2.08. The van der Waals surface area contributed by atoms with Crippen LogP contribution in [0.4, 0.5) is 4.39 Å². The third kappa shape index (κ3) is 2.05. The van der Waals surface area contributed by atoms with E-state index < -0.39 is 5.97 Å². The first-order valence-electron chi connectivity index (χ1n) is 4.26. The predicted molar refractivity (Wildman–Crippen MR) is 56.7 cm³/mol. The van der Waals surface area contributed by atoms with Crippen LogP contribution in [0.2, 0.25) is 0 Å². The molecule has 0 saturated heterocycles. The van der Waals surface area contributed by atoms with E-state index in [-0.39, 0.29) is 10.7 Å². The summed E-state index contributed by atoms with van der Waals surface area (Å²) in [6, 6.07) is 9.30. The van der Waals surface area contributed by atoms with E-state index >= 15 is 0 Å². The van der Waals surface area contributed by atoms with Crippen LogP contribution in [-0.4, -0.2) is 11.1 Å². The summed E-state index contributed by atoms with van der Waals surface area (Å²) in [5.41, 5.74) is 0.701. The lowest BCUT2D eigenvalue weighted by molar-refractivity contribution is 0.0702. The summed E-state index contributed by atoms with van der Waals surface area (Å²) in [6.45, 7) is 0. The fourth-order valence-corrected chi connectivity index (χ4v) is 2.09. The van der Waals surface area contributed by atoms with Gasteiger partial charge in [0.05, 0.1) is 0 Å². The van der Waals surface area contributed by atoms with Gasteiger partial charge in [-0.05, 0) is 29.8 Å². The van der Waals surface area contributed by atoms with Crippen LogP contribution in [0.5, 0.6) is 0 Å². The van der Waals surface area contributed by atoms with Gasteiger partial charge in [0.15, 0.2) is 0 Å². The van der Waals surface area contributed by atoms with Crippen molar-refractivity contribution in [1.82, 2.24) is 0 Å². The molecule has 0 aliphatic carbocycles. The molecular formula is C11H7FO2S. The summed E-state index contributed by atoms with van der Waals surface area (Å²) in [6.07, 6.45) is 0. The van der Waals surface area contributed by atoms with Gasteiger partial charge >= 0.3 is 5.97 Å². The Morgan fingerprint density at radius 2 is 2.07 bits per heavy atom. The van der Waals surface area contributed by atoms with Gasteiger partial charge in [-0.1, -0.05) is 12.1 Å². The largest absolute Gasteiger partial charge is 0.477 e. The predicted octanol–water partition coefficient (Wildman–Crippen LogP) is 3.25. The molecule has 0 atom stereocenters. The standard InChI is InChI=1S/C11H7FO2S/c12-8-3-1-2-7(6-8)9-4-5-10(15-9)11(13)14/h1-6H,(H,13,14). The molecule has 1 N–H and O–H groups in total. The Kier molecular flexibility index (Phi) is 2.51. The molecule has 0 bridgehead atoms. The van der Waals surface area contributed by atoms with Crippen molar-refractivity contribution in [2.45, 2.75) is 0 Å². The summed E-state index contributed by atoms with van der Waals surface area (Å²) in [5.74, 6) is -1.28. The number of aromatic carboxylic acids is 1. The molecule has 0 aliphatic rings. The molecule has 1 aromatic carbocycles. The zero-order valence-corrected chi connectivity index (χ0v) is 8.42. The van der Waals surface area contributed by atoms with Crippen molar-refractivity contribution >= 4 is 17.3 Å². The van der Waals surface area contributed by atoms with E-state index in [1.807, 2.05) is 0 Å². The molecule has 76 valence electrons. The van der Waals surface area contributed by atoms with Crippen molar-refractivity contribution in [2.75, 3.05) is 0 Å². The molecule has 0 radical (unpaired) electrons. The van der Waals surface area contributed by atoms with Crippen molar-refractivity contribution in [2.24, 2.45) is 0 Å². The normalized spacial score (nSPS) is 10.2. The van der Waals surface area contributed by atoms with E-state index in [4.69, 9.17) is 5.11 Å². The Labute approximate surface area is 89.6 Å². The molecule has 0 fully saturated rings. The van der Waals surface area contributed by atoms with E-state index in [9.17, 15) is 9.18 Å². The van der Waals surface area contributed by atoms with Crippen molar-refractivity contribution in [3.05, 3.63) is 47.1 Å². The van der Waals surface area contributed by atoms with Crippen molar-refractivity contribution in [3.63, 3.8) is 0 Å². The van der Waals surface area contributed by atoms with Crippen LogP contribution in [0, 0.1) is 5.82 Å². The number of carboxylic acids is 1. The maximum atomic E-state index is 12.9. The zero-order valence-electron chi connectivity index (χ0n) is 7.61. The number of hydrogen-bond donors (Lipinski definition) is 1. The molecule has 15 heavy (non-hydrogen) atoms. The molecule has 1 heterocycles. The maximum absolute atomic E-state index is 12.9. The average molecular weight is 222 g/mol. The molecule has 1 aromatic heterocycles. The average Bonchev–Trinajstić information content (AvgIpc) is 2.66. The Bertz CT molecular complexity index is 505. The van der Waals surface area contributed by atoms with Crippen LogP contribution >= 0.6 is 11.3 Å². The fourth-order valence-electron chi connectivity index (χ4n) is 1.25.